The molecule has 0 spiro atoms. The van der Waals surface area contributed by atoms with Gasteiger partial charge in [-0.05, 0) is 30.2 Å². The minimum Gasteiger partial charge on any atom is -0.484 e. The van der Waals surface area contributed by atoms with Crippen LogP contribution in [0.3, 0.4) is 0 Å². The third kappa shape index (κ3) is 4.44. The third-order valence-electron chi connectivity index (χ3n) is 3.77. The van der Waals surface area contributed by atoms with Crippen molar-refractivity contribution < 1.29 is 9.53 Å². The van der Waals surface area contributed by atoms with Gasteiger partial charge in [-0.3, -0.25) is 14.5 Å². The molecule has 0 unspecified atom stereocenters. The van der Waals surface area contributed by atoms with Gasteiger partial charge in [-0.1, -0.05) is 24.3 Å². The Morgan fingerprint density at radius 3 is 2.72 bits per heavy atom. The minimum atomic E-state index is -0.167. The molecule has 6 nitrogen and oxygen atoms in total. The number of hydrogen-bond donors (Lipinski definition) is 1. The van der Waals surface area contributed by atoms with Crippen LogP contribution in [0, 0.1) is 6.92 Å². The summed E-state index contributed by atoms with van der Waals surface area (Å²) in [6.45, 7) is 2.35. The lowest BCUT2D eigenvalue weighted by Crippen LogP contribution is -2.28. The number of nitrogens with zero attached hydrogens (tertiary/aromatic N) is 3. The number of aromatic nitrogens is 3. The summed E-state index contributed by atoms with van der Waals surface area (Å²) in [5.41, 5.74) is 3.75. The number of carbonyl (C=O) groups excluding carboxylic acids is 1. The van der Waals surface area contributed by atoms with Crippen molar-refractivity contribution in [2.75, 3.05) is 6.61 Å². The molecule has 1 N–H and O–H groups in total. The summed E-state index contributed by atoms with van der Waals surface area (Å²) in [5.74, 6) is 0.555. The van der Waals surface area contributed by atoms with E-state index in [1.54, 1.807) is 17.1 Å². The molecular formula is C19H20N4O2. The van der Waals surface area contributed by atoms with E-state index in [-0.39, 0.29) is 12.5 Å². The highest BCUT2D eigenvalue weighted by Crippen LogP contribution is 2.16. The molecule has 2 heterocycles. The highest BCUT2D eigenvalue weighted by atomic mass is 16.5. The van der Waals surface area contributed by atoms with Gasteiger partial charge in [0.2, 0.25) is 0 Å². The number of pyridine rings is 1. The van der Waals surface area contributed by atoms with E-state index in [9.17, 15) is 4.79 Å². The van der Waals surface area contributed by atoms with E-state index in [0.717, 1.165) is 28.1 Å². The Labute approximate surface area is 146 Å². The molecule has 25 heavy (non-hydrogen) atoms. The molecule has 3 rings (SSSR count). The fourth-order valence-electron chi connectivity index (χ4n) is 2.37. The van der Waals surface area contributed by atoms with Gasteiger partial charge < -0.3 is 10.1 Å². The molecule has 0 saturated heterocycles. The molecule has 0 radical (unpaired) electrons. The molecule has 3 aromatic rings. The third-order valence-corrected chi connectivity index (χ3v) is 3.77. The molecule has 1 aromatic carbocycles. The van der Waals surface area contributed by atoms with Gasteiger partial charge in [0.25, 0.3) is 5.91 Å². The van der Waals surface area contributed by atoms with Crippen molar-refractivity contribution in [1.29, 1.82) is 0 Å². The highest BCUT2D eigenvalue weighted by molar-refractivity contribution is 5.77. The fraction of sp³-hybridized carbons (Fsp3) is 0.211. The smallest absolute Gasteiger partial charge is 0.258 e. The van der Waals surface area contributed by atoms with Gasteiger partial charge in [0.1, 0.15) is 5.75 Å². The van der Waals surface area contributed by atoms with Crippen molar-refractivity contribution in [2.45, 2.75) is 13.5 Å². The normalized spacial score (nSPS) is 10.5. The summed E-state index contributed by atoms with van der Waals surface area (Å²) in [6.07, 6.45) is 5.43. The maximum atomic E-state index is 11.9. The SMILES string of the molecule is Cc1ccccc1OCC(=O)NCc1ccc(-c2cnn(C)c2)nc1. The Morgan fingerprint density at radius 2 is 2.04 bits per heavy atom. The van der Waals surface area contributed by atoms with E-state index in [2.05, 4.69) is 15.4 Å². The monoisotopic (exact) mass is 336 g/mol. The second kappa shape index (κ2) is 7.61. The van der Waals surface area contributed by atoms with Gasteiger partial charge in [-0.15, -0.1) is 0 Å². The molecule has 0 aliphatic rings. The molecule has 128 valence electrons. The Hall–Kier alpha value is -3.15. The van der Waals surface area contributed by atoms with Gasteiger partial charge in [0.05, 0.1) is 11.9 Å². The summed E-state index contributed by atoms with van der Waals surface area (Å²) in [7, 11) is 1.87. The molecule has 6 heteroatoms. The highest BCUT2D eigenvalue weighted by Gasteiger charge is 2.06. The van der Waals surface area contributed by atoms with Gasteiger partial charge in [-0.2, -0.15) is 5.10 Å². The van der Waals surface area contributed by atoms with Crippen LogP contribution in [0.5, 0.6) is 5.75 Å². The summed E-state index contributed by atoms with van der Waals surface area (Å²) in [5, 5.41) is 6.96. The topological polar surface area (TPSA) is 69.0 Å². The maximum absolute atomic E-state index is 11.9. The second-order valence-electron chi connectivity index (χ2n) is 5.79. The first-order chi connectivity index (χ1) is 12.1. The molecule has 0 aliphatic carbocycles. The van der Waals surface area contributed by atoms with E-state index in [4.69, 9.17) is 4.74 Å². The standard InChI is InChI=1S/C19H20N4O2/c1-14-5-3-4-6-18(14)25-13-19(24)21-10-15-7-8-17(20-9-15)16-11-22-23(2)12-16/h3-9,11-12H,10,13H2,1-2H3,(H,21,24). The van der Waals surface area contributed by atoms with Gasteiger partial charge in [0.15, 0.2) is 6.61 Å². The fourth-order valence-corrected chi connectivity index (χ4v) is 2.37. The van der Waals surface area contributed by atoms with Crippen LogP contribution in [0.2, 0.25) is 0 Å². The number of benzene rings is 1. The first kappa shape index (κ1) is 16.7. The van der Waals surface area contributed by atoms with E-state index in [1.807, 2.05) is 56.6 Å². The predicted octanol–water partition coefficient (Wildman–Crippen LogP) is 2.49. The van der Waals surface area contributed by atoms with Crippen LogP contribution >= 0.6 is 0 Å². The van der Waals surface area contributed by atoms with E-state index in [1.165, 1.54) is 0 Å². The molecule has 0 bridgehead atoms. The first-order valence-electron chi connectivity index (χ1n) is 8.01. The van der Waals surface area contributed by atoms with Crippen LogP contribution in [-0.4, -0.2) is 27.3 Å². The summed E-state index contributed by atoms with van der Waals surface area (Å²) in [4.78, 5) is 16.3. The average molecular weight is 336 g/mol. The number of carbonyl (C=O) groups is 1. The second-order valence-corrected chi connectivity index (χ2v) is 5.79. The average Bonchev–Trinajstić information content (AvgIpc) is 3.06. The number of rotatable bonds is 6. The molecule has 0 fully saturated rings. The van der Waals surface area contributed by atoms with Crippen molar-refractivity contribution >= 4 is 5.91 Å². The van der Waals surface area contributed by atoms with Gasteiger partial charge >= 0.3 is 0 Å². The number of para-hydroxylation sites is 1. The van der Waals surface area contributed by atoms with Crippen LogP contribution in [0.15, 0.2) is 55.0 Å². The zero-order valence-corrected chi connectivity index (χ0v) is 14.3. The van der Waals surface area contributed by atoms with Crippen LogP contribution < -0.4 is 10.1 Å². The van der Waals surface area contributed by atoms with Crippen molar-refractivity contribution in [3.8, 4) is 17.0 Å². The number of hydrogen-bond acceptors (Lipinski definition) is 4. The Morgan fingerprint density at radius 1 is 1.20 bits per heavy atom. The molecular weight excluding hydrogens is 316 g/mol. The summed E-state index contributed by atoms with van der Waals surface area (Å²) in [6, 6.07) is 11.5. The van der Waals surface area contributed by atoms with E-state index >= 15 is 0 Å². The van der Waals surface area contributed by atoms with Crippen LogP contribution in [0.25, 0.3) is 11.3 Å². The number of aryl methyl sites for hydroxylation is 2. The zero-order chi connectivity index (χ0) is 17.6. The first-order valence-corrected chi connectivity index (χ1v) is 8.01. The molecule has 0 atom stereocenters. The molecule has 0 aliphatic heterocycles. The Bertz CT molecular complexity index is 856. The van der Waals surface area contributed by atoms with Gasteiger partial charge in [-0.25, -0.2) is 0 Å². The number of amides is 1. The lowest BCUT2D eigenvalue weighted by atomic mass is 10.2. The van der Waals surface area contributed by atoms with Crippen molar-refractivity contribution in [1.82, 2.24) is 20.1 Å². The molecule has 0 saturated carbocycles. The molecule has 1 amide bonds. The summed E-state index contributed by atoms with van der Waals surface area (Å²) < 4.78 is 7.27. The van der Waals surface area contributed by atoms with Crippen molar-refractivity contribution in [2.24, 2.45) is 7.05 Å². The zero-order valence-electron chi connectivity index (χ0n) is 14.3. The van der Waals surface area contributed by atoms with Crippen LogP contribution in [-0.2, 0) is 18.4 Å². The lowest BCUT2D eigenvalue weighted by molar-refractivity contribution is -0.123. The van der Waals surface area contributed by atoms with E-state index in [0.29, 0.717) is 6.54 Å². The minimum absolute atomic E-state index is 0.00789. The van der Waals surface area contributed by atoms with Gasteiger partial charge in [0, 0.05) is 31.5 Å². The lowest BCUT2D eigenvalue weighted by Gasteiger charge is -2.09. The Kier molecular flexibility index (Phi) is 5.09. The number of ether oxygens (including phenoxy) is 1. The van der Waals surface area contributed by atoms with Crippen molar-refractivity contribution in [3.63, 3.8) is 0 Å². The molecule has 2 aromatic heterocycles. The van der Waals surface area contributed by atoms with Crippen LogP contribution in [0.4, 0.5) is 0 Å². The largest absolute Gasteiger partial charge is 0.484 e. The van der Waals surface area contributed by atoms with E-state index < -0.39 is 0 Å². The summed E-state index contributed by atoms with van der Waals surface area (Å²) >= 11 is 0. The van der Waals surface area contributed by atoms with Crippen LogP contribution in [0.1, 0.15) is 11.1 Å². The predicted molar refractivity (Wildman–Crippen MR) is 95.0 cm³/mol. The Balaban J connectivity index is 1.49. The quantitative estimate of drug-likeness (QED) is 0.751. The number of nitrogens with one attached hydrogen (secondary N) is 1. The maximum Gasteiger partial charge on any atom is 0.258 e. The van der Waals surface area contributed by atoms with Crippen molar-refractivity contribution in [3.05, 3.63) is 66.1 Å².